The molecule has 0 atom stereocenters. The standard InChI is InChI=1S/C21H29B2ClO4S/c1-18(2)19(3,4)26-22(25-18)17(23-27-20(5,6)21(7,8)28-23)14-12-29-16-13(14)10-9-11-15(16)24/h9-12,17H,1-8H3. The Morgan fingerprint density at radius 2 is 1.24 bits per heavy atom. The molecule has 3 heterocycles. The average molecular weight is 435 g/mol. The third-order valence-corrected chi connectivity index (χ3v) is 8.54. The van der Waals surface area contributed by atoms with Crippen LogP contribution in [0.15, 0.2) is 23.6 Å². The Bertz CT molecular complexity index is 872. The van der Waals surface area contributed by atoms with Crippen molar-refractivity contribution < 1.29 is 18.6 Å². The van der Waals surface area contributed by atoms with E-state index in [-0.39, 0.29) is 5.72 Å². The zero-order valence-electron chi connectivity index (χ0n) is 18.5. The Balaban J connectivity index is 1.82. The number of rotatable bonds is 3. The van der Waals surface area contributed by atoms with Crippen LogP contribution in [0.1, 0.15) is 66.7 Å². The van der Waals surface area contributed by atoms with E-state index in [1.807, 2.05) is 12.1 Å². The van der Waals surface area contributed by atoms with Gasteiger partial charge in [0.2, 0.25) is 0 Å². The van der Waals surface area contributed by atoms with Crippen molar-refractivity contribution in [2.45, 2.75) is 83.5 Å². The average Bonchev–Trinajstić information content (AvgIpc) is 3.13. The third-order valence-electron chi connectivity index (χ3n) is 7.07. The molecule has 8 heteroatoms. The van der Waals surface area contributed by atoms with E-state index in [0.29, 0.717) is 0 Å². The molecular formula is C21H29B2ClO4S. The zero-order chi connectivity index (χ0) is 21.4. The minimum absolute atomic E-state index is 0.246. The molecule has 0 aliphatic carbocycles. The maximum atomic E-state index is 6.47. The molecule has 2 fully saturated rings. The van der Waals surface area contributed by atoms with Gasteiger partial charge in [-0.25, -0.2) is 0 Å². The maximum Gasteiger partial charge on any atom is 0.463 e. The molecular weight excluding hydrogens is 405 g/mol. The lowest BCUT2D eigenvalue weighted by molar-refractivity contribution is 0.00578. The largest absolute Gasteiger partial charge is 0.463 e. The fourth-order valence-electron chi connectivity index (χ4n) is 3.79. The van der Waals surface area contributed by atoms with Gasteiger partial charge >= 0.3 is 14.2 Å². The van der Waals surface area contributed by atoms with Crippen molar-refractivity contribution >= 4 is 47.3 Å². The van der Waals surface area contributed by atoms with Crippen LogP contribution in [0, 0.1) is 0 Å². The first-order valence-electron chi connectivity index (χ1n) is 10.1. The summed E-state index contributed by atoms with van der Waals surface area (Å²) in [5.74, 6) is 0. The number of thiophene rings is 1. The highest BCUT2D eigenvalue weighted by atomic mass is 35.5. The molecule has 2 aliphatic heterocycles. The predicted molar refractivity (Wildman–Crippen MR) is 122 cm³/mol. The maximum absolute atomic E-state index is 6.47. The lowest BCUT2D eigenvalue weighted by Gasteiger charge is -2.32. The minimum Gasteiger partial charge on any atom is -0.403 e. The van der Waals surface area contributed by atoms with Crippen LogP contribution in [0.2, 0.25) is 5.02 Å². The SMILES string of the molecule is CC1(C)OB(C(B2OC(C)(C)C(C)(C)O2)c2csc3c(Cl)cccc23)OC1(C)C. The Morgan fingerprint density at radius 3 is 1.69 bits per heavy atom. The molecule has 2 aliphatic rings. The molecule has 0 unspecified atom stereocenters. The smallest absolute Gasteiger partial charge is 0.403 e. The summed E-state index contributed by atoms with van der Waals surface area (Å²) in [6.07, 6.45) is 0. The molecule has 0 amide bonds. The van der Waals surface area contributed by atoms with Crippen LogP contribution < -0.4 is 0 Å². The Hall–Kier alpha value is -0.560. The second kappa shape index (κ2) is 6.72. The third kappa shape index (κ3) is 3.38. The van der Waals surface area contributed by atoms with Crippen LogP contribution in [0.4, 0.5) is 0 Å². The van der Waals surface area contributed by atoms with Gasteiger partial charge in [-0.05, 0) is 77.8 Å². The van der Waals surface area contributed by atoms with E-state index >= 15 is 0 Å². The van der Waals surface area contributed by atoms with Crippen molar-refractivity contribution in [1.29, 1.82) is 0 Å². The summed E-state index contributed by atoms with van der Waals surface area (Å²) in [4.78, 5) is 0. The summed E-state index contributed by atoms with van der Waals surface area (Å²) in [7, 11) is -0.988. The van der Waals surface area contributed by atoms with Crippen LogP contribution in [0.5, 0.6) is 0 Å². The molecule has 156 valence electrons. The number of fused-ring (bicyclic) bond motifs is 1. The second-order valence-corrected chi connectivity index (χ2v) is 11.4. The number of hydrogen-bond donors (Lipinski definition) is 0. The molecule has 29 heavy (non-hydrogen) atoms. The summed E-state index contributed by atoms with van der Waals surface area (Å²) in [6, 6.07) is 5.99. The van der Waals surface area contributed by atoms with Crippen LogP contribution >= 0.6 is 22.9 Å². The highest BCUT2D eigenvalue weighted by Crippen LogP contribution is 2.48. The van der Waals surface area contributed by atoms with E-state index in [4.69, 9.17) is 30.2 Å². The first-order valence-corrected chi connectivity index (χ1v) is 11.4. The number of benzene rings is 1. The quantitative estimate of drug-likeness (QED) is 0.564. The molecule has 2 saturated heterocycles. The van der Waals surface area contributed by atoms with E-state index in [9.17, 15) is 0 Å². The van der Waals surface area contributed by atoms with Gasteiger partial charge in [0.15, 0.2) is 0 Å². The van der Waals surface area contributed by atoms with Gasteiger partial charge in [0.1, 0.15) is 0 Å². The predicted octanol–water partition coefficient (Wildman–Crippen LogP) is 5.90. The highest BCUT2D eigenvalue weighted by molar-refractivity contribution is 7.18. The van der Waals surface area contributed by atoms with E-state index < -0.39 is 36.6 Å². The van der Waals surface area contributed by atoms with Gasteiger partial charge in [0, 0.05) is 0 Å². The van der Waals surface area contributed by atoms with Crippen molar-refractivity contribution in [3.8, 4) is 0 Å². The molecule has 1 aromatic heterocycles. The minimum atomic E-state index is -0.494. The molecule has 4 nitrogen and oxygen atoms in total. The van der Waals surface area contributed by atoms with Gasteiger partial charge in [-0.2, -0.15) is 0 Å². The van der Waals surface area contributed by atoms with Gasteiger partial charge in [-0.15, -0.1) is 11.3 Å². The summed E-state index contributed by atoms with van der Waals surface area (Å²) in [5.41, 5.74) is -0.924. The van der Waals surface area contributed by atoms with Crippen LogP contribution in [-0.4, -0.2) is 36.6 Å². The van der Waals surface area contributed by atoms with Gasteiger partial charge in [-0.1, -0.05) is 23.7 Å². The van der Waals surface area contributed by atoms with Gasteiger partial charge < -0.3 is 18.6 Å². The molecule has 4 rings (SSSR count). The number of halogens is 1. The molecule has 1 aromatic carbocycles. The van der Waals surface area contributed by atoms with Gasteiger partial charge in [0.05, 0.1) is 37.8 Å². The highest BCUT2D eigenvalue weighted by Gasteiger charge is 2.62. The zero-order valence-corrected chi connectivity index (χ0v) is 20.0. The monoisotopic (exact) mass is 434 g/mol. The Kier molecular flexibility index (Phi) is 5.02. The van der Waals surface area contributed by atoms with Crippen molar-refractivity contribution in [3.05, 3.63) is 34.2 Å². The lowest BCUT2D eigenvalue weighted by atomic mass is 9.49. The van der Waals surface area contributed by atoms with Gasteiger partial charge in [0.25, 0.3) is 0 Å². The lowest BCUT2D eigenvalue weighted by Crippen LogP contribution is -2.41. The van der Waals surface area contributed by atoms with Crippen molar-refractivity contribution in [3.63, 3.8) is 0 Å². The molecule has 0 N–H and O–H groups in total. The molecule has 0 bridgehead atoms. The first kappa shape index (κ1) is 21.7. The summed E-state index contributed by atoms with van der Waals surface area (Å²) < 4.78 is 26.9. The summed E-state index contributed by atoms with van der Waals surface area (Å²) >= 11 is 8.09. The van der Waals surface area contributed by atoms with Gasteiger partial charge in [-0.3, -0.25) is 0 Å². The van der Waals surface area contributed by atoms with Crippen LogP contribution in [0.25, 0.3) is 10.1 Å². The van der Waals surface area contributed by atoms with E-state index in [1.54, 1.807) is 11.3 Å². The Labute approximate surface area is 183 Å². The fourth-order valence-corrected chi connectivity index (χ4v) is 5.12. The fraction of sp³-hybridized carbons (Fsp3) is 0.619. The van der Waals surface area contributed by atoms with Crippen LogP contribution in [0.3, 0.4) is 0 Å². The molecule has 2 aromatic rings. The topological polar surface area (TPSA) is 36.9 Å². The van der Waals surface area contributed by atoms with Crippen molar-refractivity contribution in [1.82, 2.24) is 0 Å². The second-order valence-electron chi connectivity index (χ2n) is 10.1. The van der Waals surface area contributed by atoms with E-state index in [2.05, 4.69) is 66.8 Å². The molecule has 0 radical (unpaired) electrons. The van der Waals surface area contributed by atoms with E-state index in [0.717, 1.165) is 20.7 Å². The summed E-state index contributed by atoms with van der Waals surface area (Å²) in [5, 5.41) is 3.98. The molecule has 0 saturated carbocycles. The van der Waals surface area contributed by atoms with Crippen molar-refractivity contribution in [2.24, 2.45) is 0 Å². The van der Waals surface area contributed by atoms with Crippen molar-refractivity contribution in [2.75, 3.05) is 0 Å². The molecule has 0 spiro atoms. The summed E-state index contributed by atoms with van der Waals surface area (Å²) in [6.45, 7) is 16.5. The Morgan fingerprint density at radius 1 is 0.793 bits per heavy atom. The first-order chi connectivity index (χ1) is 13.3. The number of hydrogen-bond acceptors (Lipinski definition) is 5. The van der Waals surface area contributed by atoms with Crippen LogP contribution in [-0.2, 0) is 18.6 Å². The van der Waals surface area contributed by atoms with E-state index in [1.165, 1.54) is 0 Å². The normalized spacial score (nSPS) is 24.8.